The van der Waals surface area contributed by atoms with Crippen molar-refractivity contribution in [3.63, 3.8) is 0 Å². The van der Waals surface area contributed by atoms with Gasteiger partial charge in [0.2, 0.25) is 5.91 Å². The van der Waals surface area contributed by atoms with Crippen molar-refractivity contribution in [3.8, 4) is 17.0 Å². The zero-order chi connectivity index (χ0) is 18.4. The average molecular weight is 347 g/mol. The minimum Gasteiger partial charge on any atom is -0.497 e. The summed E-state index contributed by atoms with van der Waals surface area (Å²) in [5.74, 6) is 1.21. The Hall–Kier alpha value is -3.21. The van der Waals surface area contributed by atoms with E-state index < -0.39 is 0 Å². The minimum atomic E-state index is -0.0996. The molecule has 3 aromatic rings. The van der Waals surface area contributed by atoms with Crippen molar-refractivity contribution in [3.05, 3.63) is 72.1 Å². The van der Waals surface area contributed by atoms with Gasteiger partial charge in [-0.1, -0.05) is 37.3 Å². The molecule has 0 radical (unpaired) electrons. The number of carbonyl (C=O) groups excluding carboxylic acids is 1. The number of hydrogen-bond acceptors (Lipinski definition) is 4. The number of anilines is 1. The van der Waals surface area contributed by atoms with Gasteiger partial charge in [0.15, 0.2) is 5.82 Å². The van der Waals surface area contributed by atoms with Crippen LogP contribution in [0.2, 0.25) is 0 Å². The number of carbonyl (C=O) groups is 1. The number of nitrogens with zero attached hydrogens (tertiary/aromatic N) is 2. The fraction of sp³-hybridized carbons (Fsp3) is 0.190. The smallest absolute Gasteiger partial charge is 0.229 e. The van der Waals surface area contributed by atoms with Crippen molar-refractivity contribution in [2.24, 2.45) is 0 Å². The average Bonchev–Trinajstić information content (AvgIpc) is 2.69. The van der Waals surface area contributed by atoms with Crippen LogP contribution in [0.4, 0.5) is 5.82 Å². The van der Waals surface area contributed by atoms with Gasteiger partial charge >= 0.3 is 0 Å². The number of nitrogens with one attached hydrogen (secondary N) is 1. The molecule has 132 valence electrons. The van der Waals surface area contributed by atoms with E-state index in [2.05, 4.69) is 15.3 Å². The van der Waals surface area contributed by atoms with Gasteiger partial charge < -0.3 is 10.1 Å². The molecule has 0 unspecified atom stereocenters. The van der Waals surface area contributed by atoms with Gasteiger partial charge in [-0.25, -0.2) is 9.97 Å². The number of aryl methyl sites for hydroxylation is 1. The number of rotatable bonds is 6. The summed E-state index contributed by atoms with van der Waals surface area (Å²) in [5.41, 5.74) is 3.45. The molecule has 0 aliphatic rings. The fourth-order valence-corrected chi connectivity index (χ4v) is 2.64. The van der Waals surface area contributed by atoms with Crippen LogP contribution in [0.5, 0.6) is 5.75 Å². The maximum Gasteiger partial charge on any atom is 0.229 e. The van der Waals surface area contributed by atoms with Crippen molar-refractivity contribution in [2.75, 3.05) is 12.4 Å². The van der Waals surface area contributed by atoms with Crippen molar-refractivity contribution in [1.82, 2.24) is 9.97 Å². The Kier molecular flexibility index (Phi) is 5.59. The third-order valence-electron chi connectivity index (χ3n) is 4.03. The quantitative estimate of drug-likeness (QED) is 0.734. The summed E-state index contributed by atoms with van der Waals surface area (Å²) in [6, 6.07) is 17.3. The molecule has 1 aromatic heterocycles. The molecule has 0 fully saturated rings. The second-order valence-electron chi connectivity index (χ2n) is 5.84. The van der Waals surface area contributed by atoms with E-state index >= 15 is 0 Å². The lowest BCUT2D eigenvalue weighted by molar-refractivity contribution is -0.115. The summed E-state index contributed by atoms with van der Waals surface area (Å²) < 4.78 is 5.18. The molecule has 3 rings (SSSR count). The van der Waals surface area contributed by atoms with Crippen LogP contribution in [-0.2, 0) is 17.6 Å². The SMILES string of the molecule is CCc1nc(-c2ccc(OC)cc2)cnc1NC(=O)Cc1ccccc1. The largest absolute Gasteiger partial charge is 0.497 e. The highest BCUT2D eigenvalue weighted by Gasteiger charge is 2.11. The molecule has 2 aromatic carbocycles. The van der Waals surface area contributed by atoms with Crippen LogP contribution in [0.3, 0.4) is 0 Å². The molecule has 1 amide bonds. The van der Waals surface area contributed by atoms with Gasteiger partial charge in [0.25, 0.3) is 0 Å². The van der Waals surface area contributed by atoms with Gasteiger partial charge in [-0.15, -0.1) is 0 Å². The second kappa shape index (κ2) is 8.25. The Morgan fingerprint density at radius 2 is 1.81 bits per heavy atom. The molecule has 0 aliphatic heterocycles. The Balaban J connectivity index is 1.76. The summed E-state index contributed by atoms with van der Waals surface area (Å²) in [7, 11) is 1.64. The zero-order valence-corrected chi connectivity index (χ0v) is 14.9. The molecule has 0 saturated carbocycles. The molecule has 0 bridgehead atoms. The lowest BCUT2D eigenvalue weighted by Crippen LogP contribution is -2.17. The van der Waals surface area contributed by atoms with Crippen LogP contribution in [0.25, 0.3) is 11.3 Å². The van der Waals surface area contributed by atoms with E-state index in [1.807, 2.05) is 61.5 Å². The van der Waals surface area contributed by atoms with Crippen LogP contribution in [0.1, 0.15) is 18.2 Å². The number of aromatic nitrogens is 2. The lowest BCUT2D eigenvalue weighted by atomic mass is 10.1. The molecule has 26 heavy (non-hydrogen) atoms. The highest BCUT2D eigenvalue weighted by atomic mass is 16.5. The third-order valence-corrected chi connectivity index (χ3v) is 4.03. The highest BCUT2D eigenvalue weighted by Crippen LogP contribution is 2.22. The standard InChI is InChI=1S/C21H21N3O2/c1-3-18-21(24-20(25)13-15-7-5-4-6-8-15)22-14-19(23-18)16-9-11-17(26-2)12-10-16/h4-12,14H,3,13H2,1-2H3,(H,22,24,25). The van der Waals surface area contributed by atoms with Gasteiger partial charge in [0.05, 0.1) is 31.1 Å². The number of methoxy groups -OCH3 is 1. The van der Waals surface area contributed by atoms with Gasteiger partial charge in [-0.3, -0.25) is 4.79 Å². The first-order valence-electron chi connectivity index (χ1n) is 8.53. The molecule has 5 nitrogen and oxygen atoms in total. The van der Waals surface area contributed by atoms with E-state index in [-0.39, 0.29) is 5.91 Å². The maximum absolute atomic E-state index is 12.3. The molecule has 0 saturated heterocycles. The lowest BCUT2D eigenvalue weighted by Gasteiger charge is -2.10. The normalized spacial score (nSPS) is 10.4. The molecule has 1 N–H and O–H groups in total. The molecule has 1 heterocycles. The summed E-state index contributed by atoms with van der Waals surface area (Å²) in [6.07, 6.45) is 2.67. The fourth-order valence-electron chi connectivity index (χ4n) is 2.64. The Morgan fingerprint density at radius 1 is 1.08 bits per heavy atom. The van der Waals surface area contributed by atoms with Crippen LogP contribution in [0.15, 0.2) is 60.8 Å². The molecule has 0 spiro atoms. The first-order chi connectivity index (χ1) is 12.7. The third kappa shape index (κ3) is 4.25. The van der Waals surface area contributed by atoms with Crippen LogP contribution in [0, 0.1) is 0 Å². The Labute approximate surface area is 153 Å². The van der Waals surface area contributed by atoms with Gasteiger partial charge in [-0.2, -0.15) is 0 Å². The summed E-state index contributed by atoms with van der Waals surface area (Å²) in [6.45, 7) is 1.99. The predicted molar refractivity (Wildman–Crippen MR) is 102 cm³/mol. The van der Waals surface area contributed by atoms with E-state index in [9.17, 15) is 4.79 Å². The first kappa shape index (κ1) is 17.6. The topological polar surface area (TPSA) is 64.1 Å². The number of amides is 1. The molecule has 0 atom stereocenters. The number of benzene rings is 2. The van der Waals surface area contributed by atoms with E-state index in [0.717, 1.165) is 28.3 Å². The minimum absolute atomic E-state index is 0.0996. The number of ether oxygens (including phenoxy) is 1. The van der Waals surface area contributed by atoms with E-state index in [1.165, 1.54) is 0 Å². The van der Waals surface area contributed by atoms with Crippen LogP contribution in [-0.4, -0.2) is 23.0 Å². The van der Waals surface area contributed by atoms with Crippen molar-refractivity contribution in [1.29, 1.82) is 0 Å². The summed E-state index contributed by atoms with van der Waals surface area (Å²) >= 11 is 0. The van der Waals surface area contributed by atoms with Gasteiger partial charge in [0, 0.05) is 5.56 Å². The van der Waals surface area contributed by atoms with Crippen molar-refractivity contribution >= 4 is 11.7 Å². The van der Waals surface area contributed by atoms with Crippen molar-refractivity contribution < 1.29 is 9.53 Å². The van der Waals surface area contributed by atoms with Crippen LogP contribution < -0.4 is 10.1 Å². The monoisotopic (exact) mass is 347 g/mol. The molecular weight excluding hydrogens is 326 g/mol. The maximum atomic E-state index is 12.3. The zero-order valence-electron chi connectivity index (χ0n) is 14.9. The predicted octanol–water partition coefficient (Wildman–Crippen LogP) is 3.90. The molecular formula is C21H21N3O2. The second-order valence-corrected chi connectivity index (χ2v) is 5.84. The summed E-state index contributed by atoms with van der Waals surface area (Å²) in [4.78, 5) is 21.4. The Morgan fingerprint density at radius 3 is 2.46 bits per heavy atom. The molecule has 0 aliphatic carbocycles. The van der Waals surface area contributed by atoms with Crippen molar-refractivity contribution in [2.45, 2.75) is 19.8 Å². The first-order valence-corrected chi connectivity index (χ1v) is 8.53. The van der Waals surface area contributed by atoms with E-state index in [0.29, 0.717) is 18.7 Å². The van der Waals surface area contributed by atoms with E-state index in [1.54, 1.807) is 13.3 Å². The van der Waals surface area contributed by atoms with Gasteiger partial charge in [-0.05, 0) is 36.2 Å². The van der Waals surface area contributed by atoms with E-state index in [4.69, 9.17) is 4.74 Å². The summed E-state index contributed by atoms with van der Waals surface area (Å²) in [5, 5.41) is 2.87. The van der Waals surface area contributed by atoms with Crippen LogP contribution >= 0.6 is 0 Å². The highest BCUT2D eigenvalue weighted by molar-refractivity contribution is 5.91. The Bertz CT molecular complexity index is 878. The number of hydrogen-bond donors (Lipinski definition) is 1. The van der Waals surface area contributed by atoms with Gasteiger partial charge in [0.1, 0.15) is 5.75 Å². The molecule has 5 heteroatoms.